The molecule has 1 atom stereocenters. The molecule has 1 fully saturated rings. The Morgan fingerprint density at radius 1 is 1.73 bits per heavy atom. The summed E-state index contributed by atoms with van der Waals surface area (Å²) >= 11 is 0. The summed E-state index contributed by atoms with van der Waals surface area (Å²) in [6.45, 7) is 2.05. The molecule has 0 radical (unpaired) electrons. The topological polar surface area (TPSA) is 66.8 Å². The van der Waals surface area contributed by atoms with Crippen LogP contribution in [0.1, 0.15) is 13.3 Å². The molecule has 1 rings (SSSR count). The van der Waals surface area contributed by atoms with Crippen molar-refractivity contribution in [1.29, 1.82) is 0 Å². The fraction of sp³-hybridized carbons (Fsp3) is 0.857. The molecule has 1 heterocycles. The molecule has 0 bridgehead atoms. The molecule has 1 saturated heterocycles. The van der Waals surface area contributed by atoms with E-state index in [1.54, 1.807) is 6.92 Å². The zero-order chi connectivity index (χ0) is 8.48. The minimum absolute atomic E-state index is 0.151. The first-order chi connectivity index (χ1) is 5.10. The summed E-state index contributed by atoms with van der Waals surface area (Å²) in [6, 6.07) is 0. The van der Waals surface area contributed by atoms with Gasteiger partial charge in [0.05, 0.1) is 19.1 Å². The summed E-state index contributed by atoms with van der Waals surface area (Å²) < 4.78 is 4.76. The standard InChI is InChI=1S/C7H12O4/c1-2-5(6(8)9)7(10)3-11-4-7/h5,10H,2-4H2,1H3,(H,8,9). The molecule has 0 aromatic rings. The average Bonchev–Trinajstić information content (AvgIpc) is 1.85. The van der Waals surface area contributed by atoms with Crippen LogP contribution >= 0.6 is 0 Å². The minimum Gasteiger partial charge on any atom is -0.481 e. The molecular formula is C7H12O4. The minimum atomic E-state index is -1.11. The number of ether oxygens (including phenoxy) is 1. The lowest BCUT2D eigenvalue weighted by molar-refractivity contribution is -0.214. The molecule has 64 valence electrons. The summed E-state index contributed by atoms with van der Waals surface area (Å²) in [5, 5.41) is 18.2. The van der Waals surface area contributed by atoms with Gasteiger partial charge in [0.25, 0.3) is 0 Å². The van der Waals surface area contributed by atoms with Crippen LogP contribution in [-0.2, 0) is 9.53 Å². The molecule has 1 unspecified atom stereocenters. The normalized spacial score (nSPS) is 23.8. The highest BCUT2D eigenvalue weighted by Gasteiger charge is 2.46. The zero-order valence-electron chi connectivity index (χ0n) is 6.41. The molecule has 2 N–H and O–H groups in total. The Kier molecular flexibility index (Phi) is 2.15. The van der Waals surface area contributed by atoms with Crippen molar-refractivity contribution in [1.82, 2.24) is 0 Å². The van der Waals surface area contributed by atoms with E-state index in [2.05, 4.69) is 0 Å². The van der Waals surface area contributed by atoms with Crippen molar-refractivity contribution in [3.05, 3.63) is 0 Å². The van der Waals surface area contributed by atoms with Gasteiger partial charge in [-0.3, -0.25) is 4.79 Å². The zero-order valence-corrected chi connectivity index (χ0v) is 6.41. The predicted octanol–water partition coefficient (Wildman–Crippen LogP) is -0.141. The number of aliphatic hydroxyl groups is 1. The fourth-order valence-corrected chi connectivity index (χ4v) is 1.30. The number of rotatable bonds is 3. The molecule has 0 amide bonds. The molecule has 11 heavy (non-hydrogen) atoms. The van der Waals surface area contributed by atoms with Gasteiger partial charge in [-0.1, -0.05) is 6.92 Å². The van der Waals surface area contributed by atoms with Crippen LogP contribution in [-0.4, -0.2) is 35.0 Å². The van der Waals surface area contributed by atoms with E-state index in [1.165, 1.54) is 0 Å². The Morgan fingerprint density at radius 2 is 2.27 bits per heavy atom. The first-order valence-electron chi connectivity index (χ1n) is 3.63. The van der Waals surface area contributed by atoms with E-state index in [0.717, 1.165) is 0 Å². The van der Waals surface area contributed by atoms with Gasteiger partial charge in [-0.25, -0.2) is 0 Å². The summed E-state index contributed by atoms with van der Waals surface area (Å²) in [6.07, 6.45) is 0.440. The van der Waals surface area contributed by atoms with Gasteiger partial charge >= 0.3 is 5.97 Å². The van der Waals surface area contributed by atoms with Crippen LogP contribution in [0.4, 0.5) is 0 Å². The number of carboxylic acids is 1. The Morgan fingerprint density at radius 3 is 2.36 bits per heavy atom. The highest BCUT2D eigenvalue weighted by atomic mass is 16.5. The van der Waals surface area contributed by atoms with E-state index in [9.17, 15) is 9.90 Å². The van der Waals surface area contributed by atoms with Crippen molar-refractivity contribution in [2.24, 2.45) is 5.92 Å². The summed E-state index contributed by atoms with van der Waals surface area (Å²) in [5.74, 6) is -1.63. The highest BCUT2D eigenvalue weighted by molar-refractivity contribution is 5.71. The summed E-state index contributed by atoms with van der Waals surface area (Å²) in [5.41, 5.74) is -1.11. The van der Waals surface area contributed by atoms with E-state index in [4.69, 9.17) is 9.84 Å². The van der Waals surface area contributed by atoms with Crippen molar-refractivity contribution in [3.8, 4) is 0 Å². The smallest absolute Gasteiger partial charge is 0.309 e. The Balaban J connectivity index is 2.60. The van der Waals surface area contributed by atoms with E-state index >= 15 is 0 Å². The molecule has 4 heteroatoms. The van der Waals surface area contributed by atoms with Gasteiger partial charge in [-0.15, -0.1) is 0 Å². The lowest BCUT2D eigenvalue weighted by atomic mass is 9.84. The van der Waals surface area contributed by atoms with E-state index < -0.39 is 17.5 Å². The molecular weight excluding hydrogens is 148 g/mol. The van der Waals surface area contributed by atoms with Crippen molar-refractivity contribution in [2.75, 3.05) is 13.2 Å². The van der Waals surface area contributed by atoms with Crippen molar-refractivity contribution in [2.45, 2.75) is 18.9 Å². The third kappa shape index (κ3) is 1.36. The monoisotopic (exact) mass is 160 g/mol. The van der Waals surface area contributed by atoms with Crippen LogP contribution in [0.25, 0.3) is 0 Å². The molecule has 4 nitrogen and oxygen atoms in total. The van der Waals surface area contributed by atoms with Crippen LogP contribution in [0.15, 0.2) is 0 Å². The number of hydrogen-bond acceptors (Lipinski definition) is 3. The van der Waals surface area contributed by atoms with Gasteiger partial charge in [0.15, 0.2) is 0 Å². The van der Waals surface area contributed by atoms with Crippen LogP contribution in [0.5, 0.6) is 0 Å². The first-order valence-corrected chi connectivity index (χ1v) is 3.63. The number of hydrogen-bond donors (Lipinski definition) is 2. The van der Waals surface area contributed by atoms with Gasteiger partial charge in [-0.05, 0) is 6.42 Å². The van der Waals surface area contributed by atoms with Crippen LogP contribution in [0.2, 0.25) is 0 Å². The highest BCUT2D eigenvalue weighted by Crippen LogP contribution is 2.28. The molecule has 0 spiro atoms. The average molecular weight is 160 g/mol. The molecule has 0 aromatic carbocycles. The van der Waals surface area contributed by atoms with E-state index in [1.807, 2.05) is 0 Å². The quantitative estimate of drug-likeness (QED) is 0.603. The van der Waals surface area contributed by atoms with E-state index in [0.29, 0.717) is 6.42 Å². The second kappa shape index (κ2) is 2.79. The van der Waals surface area contributed by atoms with Gasteiger partial charge in [-0.2, -0.15) is 0 Å². The van der Waals surface area contributed by atoms with Crippen molar-refractivity contribution in [3.63, 3.8) is 0 Å². The number of carboxylic acid groups (broad SMARTS) is 1. The number of carbonyl (C=O) groups is 1. The van der Waals surface area contributed by atoms with Crippen LogP contribution < -0.4 is 0 Å². The maximum Gasteiger partial charge on any atom is 0.309 e. The predicted molar refractivity (Wildman–Crippen MR) is 37.2 cm³/mol. The SMILES string of the molecule is CCC(C(=O)O)C1(O)COC1. The number of aliphatic carboxylic acids is 1. The molecule has 0 aliphatic carbocycles. The third-order valence-corrected chi connectivity index (χ3v) is 2.06. The largest absolute Gasteiger partial charge is 0.481 e. The van der Waals surface area contributed by atoms with Gasteiger partial charge in [0.2, 0.25) is 0 Å². The lowest BCUT2D eigenvalue weighted by Crippen LogP contribution is -2.57. The molecule has 0 saturated carbocycles. The van der Waals surface area contributed by atoms with E-state index in [-0.39, 0.29) is 13.2 Å². The summed E-state index contributed by atoms with van der Waals surface area (Å²) in [7, 11) is 0. The van der Waals surface area contributed by atoms with Crippen molar-refractivity contribution >= 4 is 5.97 Å². The van der Waals surface area contributed by atoms with Crippen LogP contribution in [0, 0.1) is 5.92 Å². The van der Waals surface area contributed by atoms with Crippen LogP contribution in [0.3, 0.4) is 0 Å². The maximum atomic E-state index is 10.6. The lowest BCUT2D eigenvalue weighted by Gasteiger charge is -2.40. The van der Waals surface area contributed by atoms with Gasteiger partial charge in [0, 0.05) is 0 Å². The third-order valence-electron chi connectivity index (χ3n) is 2.06. The molecule has 0 aromatic heterocycles. The summed E-state index contributed by atoms with van der Waals surface area (Å²) in [4.78, 5) is 10.6. The molecule has 1 aliphatic heterocycles. The first kappa shape index (κ1) is 8.49. The maximum absolute atomic E-state index is 10.6. The molecule has 1 aliphatic rings. The second-order valence-corrected chi connectivity index (χ2v) is 2.90. The van der Waals surface area contributed by atoms with Gasteiger partial charge < -0.3 is 14.9 Å². The second-order valence-electron chi connectivity index (χ2n) is 2.90. The Labute approximate surface area is 64.8 Å². The van der Waals surface area contributed by atoms with Gasteiger partial charge in [0.1, 0.15) is 5.60 Å². The Hall–Kier alpha value is -0.610. The Bertz CT molecular complexity index is 162. The fourth-order valence-electron chi connectivity index (χ4n) is 1.30. The van der Waals surface area contributed by atoms with Crippen molar-refractivity contribution < 1.29 is 19.7 Å².